The van der Waals surface area contributed by atoms with E-state index in [2.05, 4.69) is 85.1 Å². The number of unbranched alkanes of at least 4 members (excludes halogenated alkanes) is 2. The number of guanidine groups is 5. The van der Waals surface area contributed by atoms with E-state index in [1.165, 1.54) is 11.8 Å². The minimum absolute atomic E-state index is 0.0151. The van der Waals surface area contributed by atoms with Gasteiger partial charge in [0.1, 0.15) is 66.5 Å². The number of amides is 12. The molecule has 112 heavy (non-hydrogen) atoms. The largest absolute Gasteiger partial charge is 0.480 e. The first-order valence-corrected chi connectivity index (χ1v) is 38.4. The summed E-state index contributed by atoms with van der Waals surface area (Å²) in [6, 6.07) is -18.3. The summed E-state index contributed by atoms with van der Waals surface area (Å²) in [5.74, 6) is -15.2. The van der Waals surface area contributed by atoms with Gasteiger partial charge in [0.2, 0.25) is 70.9 Å². The normalized spacial score (nSPS) is 14.4. The minimum Gasteiger partial charge on any atom is -0.480 e. The highest BCUT2D eigenvalue weighted by atomic mass is 32.2. The molecule has 46 nitrogen and oxygen atoms in total. The molecule has 0 aromatic heterocycles. The van der Waals surface area contributed by atoms with Crippen LogP contribution >= 0.6 is 11.8 Å². The van der Waals surface area contributed by atoms with Gasteiger partial charge in [0.15, 0.2) is 29.8 Å². The van der Waals surface area contributed by atoms with Crippen LogP contribution < -0.4 is 137 Å². The topological polar surface area (TPSA) is 829 Å². The van der Waals surface area contributed by atoms with Crippen LogP contribution in [0.25, 0.3) is 0 Å². The summed E-state index contributed by atoms with van der Waals surface area (Å²) < 4.78 is 0. The molecular weight excluding hydrogens is 1490 g/mol. The number of primary amides is 1. The monoisotopic (exact) mass is 1610 g/mol. The molecular formula is C65H126N30O16S. The quantitative estimate of drug-likeness (QED) is 0.0153. The van der Waals surface area contributed by atoms with E-state index in [0.717, 1.165) is 6.92 Å². The first-order valence-electron chi connectivity index (χ1n) is 37.0. The maximum absolute atomic E-state index is 14.6. The zero-order valence-electron chi connectivity index (χ0n) is 64.3. The third-order valence-electron chi connectivity index (χ3n) is 16.7. The Morgan fingerprint density at radius 3 is 0.946 bits per heavy atom. The van der Waals surface area contributed by atoms with Crippen molar-refractivity contribution in [1.82, 2.24) is 85.1 Å². The molecule has 0 radical (unpaired) electrons. The van der Waals surface area contributed by atoms with Crippen LogP contribution in [0.1, 0.15) is 149 Å². The van der Waals surface area contributed by atoms with Gasteiger partial charge in [-0.05, 0) is 160 Å². The third kappa shape index (κ3) is 45.7. The fourth-order valence-electron chi connectivity index (χ4n) is 10.7. The summed E-state index contributed by atoms with van der Waals surface area (Å²) >= 11 is 1.33. The fourth-order valence-corrected chi connectivity index (χ4v) is 11.2. The lowest BCUT2D eigenvalue weighted by molar-refractivity contribution is -0.142. The molecule has 0 aliphatic carbocycles. The molecule has 0 spiro atoms. The number of carbonyl (C=O) groups excluding carboxylic acids is 12. The smallest absolute Gasteiger partial charge is 0.326 e. The number of nitrogens with two attached hydrogens (primary N) is 9. The Kier molecular flexibility index (Phi) is 52.3. The Morgan fingerprint density at radius 2 is 0.634 bits per heavy atom. The van der Waals surface area contributed by atoms with E-state index in [4.69, 9.17) is 78.6 Å². The molecule has 13 atom stereocenters. The number of thioether (sulfide) groups is 1. The van der Waals surface area contributed by atoms with E-state index in [1.807, 2.05) is 0 Å². The summed E-state index contributed by atoms with van der Waals surface area (Å²) in [5.41, 5.74) is 50.2. The second-order valence-electron chi connectivity index (χ2n) is 26.9. The number of hydrogen-bond donors (Lipinski definition) is 33. The van der Waals surface area contributed by atoms with Crippen LogP contribution in [0.2, 0.25) is 0 Å². The average molecular weight is 1620 g/mol. The van der Waals surface area contributed by atoms with Gasteiger partial charge < -0.3 is 152 Å². The lowest BCUT2D eigenvalue weighted by atomic mass is 10.0. The van der Waals surface area contributed by atoms with Crippen molar-refractivity contribution >= 4 is 118 Å². The molecule has 0 saturated heterocycles. The van der Waals surface area contributed by atoms with E-state index in [-0.39, 0.29) is 160 Å². The van der Waals surface area contributed by atoms with Crippen molar-refractivity contribution in [2.75, 3.05) is 64.4 Å². The molecule has 47 heteroatoms. The summed E-state index contributed by atoms with van der Waals surface area (Å²) in [6.07, 6.45) is 0.0212. The zero-order chi connectivity index (χ0) is 85.0. The Labute approximate surface area is 655 Å². The van der Waals surface area contributed by atoms with Crippen LogP contribution in [0.4, 0.5) is 0 Å². The molecule has 0 aromatic rings. The highest BCUT2D eigenvalue weighted by Crippen LogP contribution is 2.14. The molecule has 0 heterocycles. The summed E-state index contributed by atoms with van der Waals surface area (Å²) in [6.45, 7) is 4.07. The van der Waals surface area contributed by atoms with Crippen molar-refractivity contribution in [2.45, 2.75) is 228 Å². The molecule has 0 bridgehead atoms. The Morgan fingerprint density at radius 1 is 0.357 bits per heavy atom. The molecule has 0 aliphatic rings. The summed E-state index contributed by atoms with van der Waals surface area (Å²) in [7, 11) is 0. The molecule has 0 unspecified atom stereocenters. The van der Waals surface area contributed by atoms with Crippen LogP contribution in [-0.2, 0) is 62.3 Å². The molecule has 0 aromatic carbocycles. The fraction of sp³-hybridized carbons (Fsp3) is 0.723. The predicted octanol–water partition coefficient (Wildman–Crippen LogP) is -10.3. The second kappa shape index (κ2) is 57.6. The van der Waals surface area contributed by atoms with Crippen LogP contribution in [0, 0.1) is 33.0 Å². The number of rotatable bonds is 61. The number of aliphatic hydroxyl groups is 2. The Bertz CT molecular complexity index is 3070. The average Bonchev–Trinajstić information content (AvgIpc) is 0.853. The van der Waals surface area contributed by atoms with Gasteiger partial charge in [-0.3, -0.25) is 84.6 Å². The summed E-state index contributed by atoms with van der Waals surface area (Å²) in [5, 5.41) is 109. The number of hydrogen-bond acceptors (Lipinski definition) is 24. The van der Waals surface area contributed by atoms with E-state index >= 15 is 0 Å². The van der Waals surface area contributed by atoms with Gasteiger partial charge in [-0.15, -0.1) is 0 Å². The maximum Gasteiger partial charge on any atom is 0.326 e. The number of nitrogens with one attached hydrogen (secondary N) is 21. The van der Waals surface area contributed by atoms with Gasteiger partial charge >= 0.3 is 5.97 Å². The number of carboxylic acid groups (broad SMARTS) is 1. The van der Waals surface area contributed by atoms with Gasteiger partial charge in [0, 0.05) is 39.1 Å². The van der Waals surface area contributed by atoms with Crippen LogP contribution in [0.3, 0.4) is 0 Å². The van der Waals surface area contributed by atoms with Gasteiger partial charge in [0.25, 0.3) is 0 Å². The zero-order valence-corrected chi connectivity index (χ0v) is 65.2. The van der Waals surface area contributed by atoms with Crippen molar-refractivity contribution in [2.24, 2.45) is 57.5 Å². The SMILES string of the molecule is CSCC[C@H](NC(=O)[C@H](CC(C)C)NC(=O)[C@H](CCCCN)NC(=O)[C@H](CO)NC(=O)[C@@H](NC(=O)[C@H](CCCNC(=N)N)NC(=O)[C@H](CCCNC(=N)N)NC(=O)[C@H](CCC(N)=O)NC(=O)[C@H](CCCNC(=N)N)NC(=O)[C@@H](N)CCCNC(=N)N)[C@@H](C)O)C(=O)N[C@@H](CCCCN)C(=O)N[C@@H](CCCNC(=N)N)C(=O)O. The maximum atomic E-state index is 14.6. The van der Waals surface area contributed by atoms with E-state index < -0.39 is 193 Å². The lowest BCUT2D eigenvalue weighted by Crippen LogP contribution is -2.62. The Hall–Kier alpha value is -10.4. The van der Waals surface area contributed by atoms with Gasteiger partial charge in [0.05, 0.1) is 18.8 Å². The number of aliphatic hydroxyl groups excluding tert-OH is 2. The second-order valence-corrected chi connectivity index (χ2v) is 27.8. The van der Waals surface area contributed by atoms with E-state index in [0.29, 0.717) is 25.0 Å². The van der Waals surface area contributed by atoms with Gasteiger partial charge in [-0.1, -0.05) is 13.8 Å². The van der Waals surface area contributed by atoms with Crippen LogP contribution in [0.5, 0.6) is 0 Å². The molecule has 0 rings (SSSR count). The Balaban J connectivity index is 7.23. The highest BCUT2D eigenvalue weighted by Gasteiger charge is 2.38. The predicted molar refractivity (Wildman–Crippen MR) is 418 cm³/mol. The van der Waals surface area contributed by atoms with E-state index in [1.54, 1.807) is 20.1 Å². The third-order valence-corrected chi connectivity index (χ3v) is 17.4. The lowest BCUT2D eigenvalue weighted by Gasteiger charge is -2.29. The molecule has 638 valence electrons. The van der Waals surface area contributed by atoms with Crippen molar-refractivity contribution in [3.8, 4) is 0 Å². The molecule has 42 N–H and O–H groups in total. The molecule has 12 amide bonds. The van der Waals surface area contributed by atoms with E-state index in [9.17, 15) is 77.6 Å². The van der Waals surface area contributed by atoms with Gasteiger partial charge in [-0.25, -0.2) is 4.79 Å². The van der Waals surface area contributed by atoms with Crippen LogP contribution in [0.15, 0.2) is 0 Å². The molecule has 0 fully saturated rings. The number of aliphatic carboxylic acids is 1. The first kappa shape index (κ1) is 102. The molecule has 0 aliphatic heterocycles. The number of carboxylic acids is 1. The number of carbonyl (C=O) groups is 13. The first-order chi connectivity index (χ1) is 52.8. The van der Waals surface area contributed by atoms with Crippen molar-refractivity contribution in [1.29, 1.82) is 27.0 Å². The van der Waals surface area contributed by atoms with Crippen molar-refractivity contribution in [3.05, 3.63) is 0 Å². The molecule has 0 saturated carbocycles. The minimum atomic E-state index is -1.99. The van der Waals surface area contributed by atoms with Crippen LogP contribution in [-0.4, -0.2) is 265 Å². The van der Waals surface area contributed by atoms with Gasteiger partial charge in [-0.2, -0.15) is 11.8 Å². The van der Waals surface area contributed by atoms with Crippen molar-refractivity contribution in [3.63, 3.8) is 0 Å². The standard InChI is InChI=1S/C65H126N30O16S/c1-34(2)32-45(57(107)91-43(23-31-112-4)55(105)86-37(15-5-7-24-66)52(102)92-44(60(110)111)20-13-30-84-65(78)79)93-53(103)38(16-6-8-25-67)89-58(108)46(33-96)94-59(109)48(35(3)97)95-56(106)41(19-12-29-83-64(76)77)88-51(101)40(18-11-28-82-63(74)75)87-54(104)42(21-22-47(69)98)90-50(100)39(17-10-27-81-62(72)73)85-49(99)36(68)14-9-26-80-61(70)71/h34-46,48,96-97H,5-33,66-68H2,1-4H3,(H2,69,98)(H,85,99)(H,86,105)(H,87,104)(H,88,101)(H,89,108)(H,90,100)(H,91,107)(H,92,102)(H,93,103)(H,94,109)(H,95,106)(H,110,111)(H4,70,71,80)(H4,72,73,81)(H4,74,75,82)(H4,76,77,83)(H4,78,79,84)/t35-,36+,37+,38+,39+,40+,41+,42+,43+,44+,45+,46+,48+/m1/s1. The summed E-state index contributed by atoms with van der Waals surface area (Å²) in [4.78, 5) is 180. The van der Waals surface area contributed by atoms with Crippen molar-refractivity contribution < 1.29 is 77.6 Å². The highest BCUT2D eigenvalue weighted by molar-refractivity contribution is 7.98.